The lowest BCUT2D eigenvalue weighted by atomic mass is 9.85. The molecule has 1 amide bonds. The number of halogens is 3. The van der Waals surface area contributed by atoms with Gasteiger partial charge in [-0.25, -0.2) is 0 Å². The molecule has 1 aromatic heterocycles. The predicted molar refractivity (Wildman–Crippen MR) is 64.8 cm³/mol. The molecule has 0 aromatic carbocycles. The first-order valence-electron chi connectivity index (χ1n) is 6.41. The molecule has 7 heteroatoms. The average Bonchev–Trinajstić information content (AvgIpc) is 3.18. The third-order valence-electron chi connectivity index (χ3n) is 3.96. The van der Waals surface area contributed by atoms with Crippen molar-refractivity contribution in [3.05, 3.63) is 29.6 Å². The number of carbonyl (C=O) groups is 1. The van der Waals surface area contributed by atoms with Gasteiger partial charge in [-0.05, 0) is 30.9 Å². The van der Waals surface area contributed by atoms with Crippen LogP contribution in [0.15, 0.2) is 18.3 Å². The molecular weight excluding hydrogens is 271 g/mol. The molecule has 20 heavy (non-hydrogen) atoms. The molecule has 0 radical (unpaired) electrons. The molecule has 0 unspecified atom stereocenters. The number of aromatic nitrogens is 1. The molecule has 1 aromatic rings. The van der Waals surface area contributed by atoms with E-state index in [1.54, 1.807) is 0 Å². The molecule has 0 spiro atoms. The van der Waals surface area contributed by atoms with Crippen molar-refractivity contribution in [2.24, 2.45) is 11.7 Å². The van der Waals surface area contributed by atoms with Crippen LogP contribution < -0.4 is 5.73 Å². The Balaban J connectivity index is 1.66. The zero-order valence-electron chi connectivity index (χ0n) is 10.7. The van der Waals surface area contributed by atoms with Crippen molar-refractivity contribution >= 4 is 5.91 Å². The van der Waals surface area contributed by atoms with Crippen LogP contribution in [0, 0.1) is 5.92 Å². The van der Waals surface area contributed by atoms with Gasteiger partial charge in [-0.15, -0.1) is 0 Å². The summed E-state index contributed by atoms with van der Waals surface area (Å²) < 4.78 is 37.2. The number of likely N-dealkylation sites (tertiary alicyclic amines) is 1. The minimum atomic E-state index is -4.44. The second-order valence-electron chi connectivity index (χ2n) is 5.60. The van der Waals surface area contributed by atoms with Gasteiger partial charge in [0.15, 0.2) is 0 Å². The van der Waals surface area contributed by atoms with Gasteiger partial charge >= 0.3 is 6.18 Å². The van der Waals surface area contributed by atoms with Crippen molar-refractivity contribution in [1.82, 2.24) is 9.88 Å². The van der Waals surface area contributed by atoms with Crippen LogP contribution in [0.25, 0.3) is 0 Å². The van der Waals surface area contributed by atoms with Crippen molar-refractivity contribution in [3.63, 3.8) is 0 Å². The summed E-state index contributed by atoms with van der Waals surface area (Å²) >= 11 is 0. The first-order valence-corrected chi connectivity index (χ1v) is 6.41. The minimum absolute atomic E-state index is 0.0239. The highest BCUT2D eigenvalue weighted by Gasteiger charge is 2.51. The Morgan fingerprint density at radius 1 is 1.35 bits per heavy atom. The first-order chi connectivity index (χ1) is 9.29. The molecule has 0 atom stereocenters. The maximum atomic E-state index is 12.4. The summed E-state index contributed by atoms with van der Waals surface area (Å²) in [6, 6.07) is 1.98. The fourth-order valence-corrected chi connectivity index (χ4v) is 2.57. The fourth-order valence-electron chi connectivity index (χ4n) is 2.57. The van der Waals surface area contributed by atoms with Crippen LogP contribution in [0.4, 0.5) is 13.2 Å². The lowest BCUT2D eigenvalue weighted by Crippen LogP contribution is -2.69. The van der Waals surface area contributed by atoms with Crippen LogP contribution in [0.2, 0.25) is 0 Å². The Morgan fingerprint density at radius 2 is 2.00 bits per heavy atom. The predicted octanol–water partition coefficient (Wildman–Crippen LogP) is 1.66. The second kappa shape index (κ2) is 4.18. The summed E-state index contributed by atoms with van der Waals surface area (Å²) in [5, 5.41) is 0. The van der Waals surface area contributed by atoms with Gasteiger partial charge in [0.2, 0.25) is 0 Å². The number of alkyl halides is 3. The van der Waals surface area contributed by atoms with Crippen molar-refractivity contribution in [3.8, 4) is 0 Å². The molecule has 0 bridgehead atoms. The molecule has 1 aliphatic carbocycles. The van der Waals surface area contributed by atoms with E-state index < -0.39 is 11.7 Å². The number of pyridine rings is 1. The van der Waals surface area contributed by atoms with Crippen LogP contribution in [-0.2, 0) is 6.18 Å². The van der Waals surface area contributed by atoms with Crippen LogP contribution in [0.5, 0.6) is 0 Å². The van der Waals surface area contributed by atoms with Crippen LogP contribution in [0.1, 0.15) is 28.9 Å². The van der Waals surface area contributed by atoms with Gasteiger partial charge in [0, 0.05) is 19.3 Å². The van der Waals surface area contributed by atoms with Gasteiger partial charge in [-0.3, -0.25) is 9.78 Å². The molecule has 108 valence electrons. The van der Waals surface area contributed by atoms with Crippen molar-refractivity contribution in [2.45, 2.75) is 24.6 Å². The van der Waals surface area contributed by atoms with Crippen LogP contribution in [-0.4, -0.2) is 34.4 Å². The average molecular weight is 285 g/mol. The topological polar surface area (TPSA) is 59.2 Å². The summed E-state index contributed by atoms with van der Waals surface area (Å²) in [5.41, 5.74) is 4.99. The number of hydrogen-bond acceptors (Lipinski definition) is 3. The summed E-state index contributed by atoms with van der Waals surface area (Å²) in [4.78, 5) is 17.2. The van der Waals surface area contributed by atoms with E-state index in [4.69, 9.17) is 5.73 Å². The van der Waals surface area contributed by atoms with E-state index in [2.05, 4.69) is 4.98 Å². The number of rotatable bonds is 2. The molecular formula is C13H14F3N3O. The fraction of sp³-hybridized carbons (Fsp3) is 0.538. The third kappa shape index (κ3) is 2.26. The molecule has 1 saturated heterocycles. The molecule has 2 fully saturated rings. The molecule has 2 heterocycles. The Hall–Kier alpha value is -1.63. The van der Waals surface area contributed by atoms with Gasteiger partial charge in [0.25, 0.3) is 5.91 Å². The first kappa shape index (κ1) is 13.4. The van der Waals surface area contributed by atoms with E-state index in [0.29, 0.717) is 25.2 Å². The number of carbonyl (C=O) groups excluding carboxylic acids is 1. The van der Waals surface area contributed by atoms with E-state index in [0.717, 1.165) is 25.0 Å². The van der Waals surface area contributed by atoms with Gasteiger partial charge < -0.3 is 10.6 Å². The van der Waals surface area contributed by atoms with E-state index in [1.165, 1.54) is 4.90 Å². The third-order valence-corrected chi connectivity index (χ3v) is 3.96. The summed E-state index contributed by atoms with van der Waals surface area (Å²) in [6.45, 7) is 0.915. The molecule has 1 aliphatic heterocycles. The van der Waals surface area contributed by atoms with Crippen molar-refractivity contribution in [2.75, 3.05) is 13.1 Å². The number of nitrogens with two attached hydrogens (primary N) is 1. The monoisotopic (exact) mass is 285 g/mol. The van der Waals surface area contributed by atoms with Gasteiger partial charge in [-0.1, -0.05) is 0 Å². The SMILES string of the molecule is NC1(C2CC2)CN(C(=O)c2ccc(C(F)(F)F)cn2)C1. The smallest absolute Gasteiger partial charge is 0.333 e. The van der Waals surface area contributed by atoms with E-state index in [1.807, 2.05) is 0 Å². The molecule has 4 nitrogen and oxygen atoms in total. The number of amides is 1. The summed E-state index contributed by atoms with van der Waals surface area (Å²) in [5.74, 6) is 0.118. The Kier molecular flexibility index (Phi) is 2.79. The minimum Gasteiger partial charge on any atom is -0.333 e. The van der Waals surface area contributed by atoms with Crippen molar-refractivity contribution < 1.29 is 18.0 Å². The number of hydrogen-bond donors (Lipinski definition) is 1. The normalized spacial score (nSPS) is 21.5. The Bertz CT molecular complexity index is 531. The Labute approximate surface area is 113 Å². The second-order valence-corrected chi connectivity index (χ2v) is 5.60. The highest BCUT2D eigenvalue weighted by molar-refractivity contribution is 5.93. The lowest BCUT2D eigenvalue weighted by molar-refractivity contribution is -0.137. The summed E-state index contributed by atoms with van der Waals surface area (Å²) in [7, 11) is 0. The van der Waals surface area contributed by atoms with Crippen LogP contribution >= 0.6 is 0 Å². The van der Waals surface area contributed by atoms with Crippen LogP contribution in [0.3, 0.4) is 0 Å². The van der Waals surface area contributed by atoms with Crippen molar-refractivity contribution in [1.29, 1.82) is 0 Å². The number of nitrogens with zero attached hydrogens (tertiary/aromatic N) is 2. The molecule has 3 rings (SSSR count). The highest BCUT2D eigenvalue weighted by atomic mass is 19.4. The molecule has 1 saturated carbocycles. The van der Waals surface area contributed by atoms with Gasteiger partial charge in [0.1, 0.15) is 5.69 Å². The largest absolute Gasteiger partial charge is 0.417 e. The van der Waals surface area contributed by atoms with E-state index in [9.17, 15) is 18.0 Å². The van der Waals surface area contributed by atoms with E-state index in [-0.39, 0.29) is 17.1 Å². The Morgan fingerprint density at radius 3 is 2.45 bits per heavy atom. The lowest BCUT2D eigenvalue weighted by Gasteiger charge is -2.48. The highest BCUT2D eigenvalue weighted by Crippen LogP contribution is 2.43. The quantitative estimate of drug-likeness (QED) is 0.899. The molecule has 2 N–H and O–H groups in total. The standard InChI is InChI=1S/C13H14F3N3O/c14-13(15,16)9-3-4-10(18-5-9)11(20)19-6-12(17,7-19)8-1-2-8/h3-5,8H,1-2,6-7,17H2. The maximum Gasteiger partial charge on any atom is 0.417 e. The maximum absolute atomic E-state index is 12.4. The zero-order chi connectivity index (χ0) is 14.5. The van der Waals surface area contributed by atoms with E-state index >= 15 is 0 Å². The summed E-state index contributed by atoms with van der Waals surface area (Å²) in [6.07, 6.45) is -1.57. The zero-order valence-corrected chi connectivity index (χ0v) is 10.7. The molecule has 2 aliphatic rings. The van der Waals surface area contributed by atoms with Gasteiger partial charge in [-0.2, -0.15) is 13.2 Å². The van der Waals surface area contributed by atoms with Gasteiger partial charge in [0.05, 0.1) is 11.1 Å².